The van der Waals surface area contributed by atoms with Crippen molar-refractivity contribution in [2.24, 2.45) is 0 Å². The van der Waals surface area contributed by atoms with Crippen LogP contribution in [0.15, 0.2) is 0 Å². The monoisotopic (exact) mass is 132 g/mol. The van der Waals surface area contributed by atoms with Gasteiger partial charge in [0.05, 0.1) is 6.42 Å². The summed E-state index contributed by atoms with van der Waals surface area (Å²) in [5, 5.41) is 16.6. The van der Waals surface area contributed by atoms with E-state index < -0.39 is 24.3 Å². The van der Waals surface area contributed by atoms with Crippen LogP contribution in [0.4, 0.5) is 0 Å². The normalized spacial score (nSPS) is 12.7. The van der Waals surface area contributed by atoms with Gasteiger partial charge in [0.25, 0.3) is 0 Å². The molecule has 0 aliphatic carbocycles. The molecule has 0 aliphatic rings. The minimum absolute atomic E-state index is 0.505. The Kier molecular flexibility index (Phi) is 2.87. The van der Waals surface area contributed by atoms with Gasteiger partial charge in [-0.15, -0.1) is 0 Å². The maximum absolute atomic E-state index is 10.2. The van der Waals surface area contributed by atoms with E-state index >= 15 is 0 Å². The van der Waals surface area contributed by atoms with Gasteiger partial charge in [-0.2, -0.15) is 0 Å². The van der Waals surface area contributed by atoms with Gasteiger partial charge in [0.2, 0.25) is 0 Å². The average molecular weight is 132 g/mol. The predicted molar refractivity (Wildman–Crippen MR) is 28.9 cm³/mol. The molecule has 9 heavy (non-hydrogen) atoms. The number of rotatable bonds is 3. The maximum Gasteiger partial charge on any atom is 0.306 e. The van der Waals surface area contributed by atoms with Crippen molar-refractivity contribution in [1.29, 1.82) is 0 Å². The number of carbonyl (C=O) groups excluding carboxylic acids is 1. The van der Waals surface area contributed by atoms with Gasteiger partial charge in [-0.05, 0) is 6.92 Å². The molecule has 0 amide bonds. The van der Waals surface area contributed by atoms with Gasteiger partial charge in [-0.1, -0.05) is 0 Å². The van der Waals surface area contributed by atoms with Crippen LogP contribution >= 0.6 is 0 Å². The van der Waals surface area contributed by atoms with Crippen LogP contribution in [-0.2, 0) is 9.59 Å². The molecule has 0 rings (SSSR count). The first-order valence-corrected chi connectivity index (χ1v) is 2.44. The first-order valence-electron chi connectivity index (χ1n) is 2.44. The van der Waals surface area contributed by atoms with Crippen molar-refractivity contribution in [3.8, 4) is 0 Å². The SMILES string of the molecule is CC(=O)C(O)CC(=O)O. The lowest BCUT2D eigenvalue weighted by atomic mass is 10.2. The fourth-order valence-corrected chi connectivity index (χ4v) is 0.309. The van der Waals surface area contributed by atoms with E-state index in [1.165, 1.54) is 0 Å². The highest BCUT2D eigenvalue weighted by Crippen LogP contribution is 1.91. The van der Waals surface area contributed by atoms with Crippen molar-refractivity contribution in [2.45, 2.75) is 19.4 Å². The minimum Gasteiger partial charge on any atom is -0.481 e. The molecule has 0 aromatic carbocycles. The number of hydrogen-bond donors (Lipinski definition) is 2. The van der Waals surface area contributed by atoms with Gasteiger partial charge in [-0.3, -0.25) is 9.59 Å². The number of hydrogen-bond acceptors (Lipinski definition) is 3. The zero-order chi connectivity index (χ0) is 7.44. The van der Waals surface area contributed by atoms with E-state index in [0.29, 0.717) is 0 Å². The molecule has 2 N–H and O–H groups in total. The molecule has 0 aromatic rings. The van der Waals surface area contributed by atoms with E-state index in [4.69, 9.17) is 10.2 Å². The van der Waals surface area contributed by atoms with Crippen LogP contribution in [0.3, 0.4) is 0 Å². The summed E-state index contributed by atoms with van der Waals surface area (Å²) in [6, 6.07) is 0. The lowest BCUT2D eigenvalue weighted by Crippen LogP contribution is -2.20. The Morgan fingerprint density at radius 1 is 1.56 bits per heavy atom. The summed E-state index contributed by atoms with van der Waals surface area (Å²) in [6.07, 6.45) is -1.85. The Labute approximate surface area is 52.1 Å². The molecular formula is C5H8O4. The molecule has 0 fully saturated rings. The van der Waals surface area contributed by atoms with Gasteiger partial charge in [0.15, 0.2) is 5.78 Å². The van der Waals surface area contributed by atoms with Crippen LogP contribution in [0.25, 0.3) is 0 Å². The second-order valence-corrected chi connectivity index (χ2v) is 1.72. The van der Waals surface area contributed by atoms with Crippen molar-refractivity contribution in [3.05, 3.63) is 0 Å². The molecule has 1 atom stereocenters. The van der Waals surface area contributed by atoms with Crippen molar-refractivity contribution >= 4 is 11.8 Å². The van der Waals surface area contributed by atoms with Gasteiger partial charge in [-0.25, -0.2) is 0 Å². The smallest absolute Gasteiger partial charge is 0.306 e. The van der Waals surface area contributed by atoms with Gasteiger partial charge in [0, 0.05) is 0 Å². The second kappa shape index (κ2) is 3.19. The van der Waals surface area contributed by atoms with E-state index in [1.54, 1.807) is 0 Å². The lowest BCUT2D eigenvalue weighted by molar-refractivity contribution is -0.142. The van der Waals surface area contributed by atoms with Gasteiger partial charge >= 0.3 is 5.97 Å². The Bertz CT molecular complexity index is 129. The molecule has 1 unspecified atom stereocenters. The molecule has 0 radical (unpaired) electrons. The van der Waals surface area contributed by atoms with Crippen molar-refractivity contribution in [2.75, 3.05) is 0 Å². The zero-order valence-electron chi connectivity index (χ0n) is 5.00. The number of aliphatic carboxylic acids is 1. The third-order valence-corrected chi connectivity index (χ3v) is 0.837. The van der Waals surface area contributed by atoms with Crippen LogP contribution in [-0.4, -0.2) is 28.1 Å². The number of aliphatic hydroxyl groups is 1. The van der Waals surface area contributed by atoms with E-state index in [9.17, 15) is 9.59 Å². The highest BCUT2D eigenvalue weighted by Gasteiger charge is 2.12. The molecule has 0 heterocycles. The molecule has 0 saturated carbocycles. The topological polar surface area (TPSA) is 74.6 Å². The fraction of sp³-hybridized carbons (Fsp3) is 0.600. The van der Waals surface area contributed by atoms with E-state index in [2.05, 4.69) is 0 Å². The summed E-state index contributed by atoms with van der Waals surface area (Å²) in [6.45, 7) is 1.15. The summed E-state index contributed by atoms with van der Waals surface area (Å²) in [5.74, 6) is -1.69. The Morgan fingerprint density at radius 2 is 2.00 bits per heavy atom. The molecule has 0 spiro atoms. The Morgan fingerprint density at radius 3 is 2.11 bits per heavy atom. The number of aliphatic hydroxyl groups excluding tert-OH is 1. The first kappa shape index (κ1) is 8.10. The summed E-state index contributed by atoms with van der Waals surface area (Å²) in [7, 11) is 0. The molecule has 0 aromatic heterocycles. The minimum atomic E-state index is -1.34. The lowest BCUT2D eigenvalue weighted by Gasteiger charge is -1.99. The largest absolute Gasteiger partial charge is 0.481 e. The first-order chi connectivity index (χ1) is 4.04. The second-order valence-electron chi connectivity index (χ2n) is 1.72. The molecule has 0 bridgehead atoms. The third-order valence-electron chi connectivity index (χ3n) is 0.837. The molecule has 0 saturated heterocycles. The standard InChI is InChI=1S/C5H8O4/c1-3(6)4(7)2-5(8)9/h4,7H,2H2,1H3,(H,8,9). The molecule has 0 aliphatic heterocycles. The molecule has 52 valence electrons. The Balaban J connectivity index is 3.63. The number of carboxylic acid groups (broad SMARTS) is 1. The van der Waals surface area contributed by atoms with Gasteiger partial charge < -0.3 is 10.2 Å². The van der Waals surface area contributed by atoms with Crippen molar-refractivity contribution < 1.29 is 19.8 Å². The van der Waals surface area contributed by atoms with Gasteiger partial charge in [0.1, 0.15) is 6.10 Å². The van der Waals surface area contributed by atoms with E-state index in [-0.39, 0.29) is 0 Å². The predicted octanol–water partition coefficient (Wildman–Crippen LogP) is -0.589. The average Bonchev–Trinajstić information content (AvgIpc) is 1.63. The van der Waals surface area contributed by atoms with Crippen LogP contribution in [0.5, 0.6) is 0 Å². The molecular weight excluding hydrogens is 124 g/mol. The van der Waals surface area contributed by atoms with Crippen LogP contribution in [0.2, 0.25) is 0 Å². The third kappa shape index (κ3) is 3.66. The van der Waals surface area contributed by atoms with Crippen LogP contribution in [0.1, 0.15) is 13.3 Å². The highest BCUT2D eigenvalue weighted by molar-refractivity contribution is 5.84. The summed E-state index contributed by atoms with van der Waals surface area (Å²) < 4.78 is 0. The number of Topliss-reactive ketones (excluding diaryl/α,β-unsaturated/α-hetero) is 1. The van der Waals surface area contributed by atoms with Crippen LogP contribution in [0, 0.1) is 0 Å². The summed E-state index contributed by atoms with van der Waals surface area (Å²) in [5.41, 5.74) is 0. The zero-order valence-corrected chi connectivity index (χ0v) is 5.00. The highest BCUT2D eigenvalue weighted by atomic mass is 16.4. The fourth-order valence-electron chi connectivity index (χ4n) is 0.309. The number of ketones is 1. The molecule has 4 nitrogen and oxygen atoms in total. The van der Waals surface area contributed by atoms with E-state index in [1.807, 2.05) is 0 Å². The summed E-state index contributed by atoms with van der Waals surface area (Å²) >= 11 is 0. The van der Waals surface area contributed by atoms with Crippen molar-refractivity contribution in [1.82, 2.24) is 0 Å². The Hall–Kier alpha value is -0.900. The van der Waals surface area contributed by atoms with E-state index in [0.717, 1.165) is 6.92 Å². The molecule has 4 heteroatoms. The number of carboxylic acids is 1. The number of carbonyl (C=O) groups is 2. The maximum atomic E-state index is 10.2. The quantitative estimate of drug-likeness (QED) is 0.538. The summed E-state index contributed by atoms with van der Waals surface area (Å²) in [4.78, 5) is 20.0. The van der Waals surface area contributed by atoms with Crippen molar-refractivity contribution in [3.63, 3.8) is 0 Å². The van der Waals surface area contributed by atoms with Crippen LogP contribution < -0.4 is 0 Å².